The summed E-state index contributed by atoms with van der Waals surface area (Å²) >= 11 is 0. The van der Waals surface area contributed by atoms with Gasteiger partial charge in [-0.3, -0.25) is 4.90 Å². The Morgan fingerprint density at radius 2 is 1.76 bits per heavy atom. The third-order valence-corrected chi connectivity index (χ3v) is 5.07. The van der Waals surface area contributed by atoms with E-state index in [1.54, 1.807) is 0 Å². The molecule has 0 aromatic rings. The normalized spacial score (nSPS) is 27.1. The van der Waals surface area contributed by atoms with Crippen molar-refractivity contribution in [3.63, 3.8) is 0 Å². The van der Waals surface area contributed by atoms with Gasteiger partial charge in [0.15, 0.2) is 0 Å². The lowest BCUT2D eigenvalue weighted by Gasteiger charge is -2.45. The molecule has 3 heteroatoms. The van der Waals surface area contributed by atoms with E-state index in [9.17, 15) is 5.11 Å². The number of hydrogen-bond acceptors (Lipinski definition) is 3. The molecule has 2 fully saturated rings. The van der Waals surface area contributed by atoms with Gasteiger partial charge in [-0.2, -0.15) is 0 Å². The molecule has 0 aromatic heterocycles. The summed E-state index contributed by atoms with van der Waals surface area (Å²) < 4.78 is 0. The maximum Gasteiger partial charge on any atom is 0.0446 e. The number of hydrogen-bond donors (Lipinski definition) is 1. The fourth-order valence-electron chi connectivity index (χ4n) is 4.10. The van der Waals surface area contributed by atoms with Gasteiger partial charge in [0.25, 0.3) is 0 Å². The summed E-state index contributed by atoms with van der Waals surface area (Å²) in [5.74, 6) is 0.933. The molecular weight excluding hydrogens is 260 g/mol. The molecule has 124 valence electrons. The van der Waals surface area contributed by atoms with Crippen LogP contribution in [-0.2, 0) is 0 Å². The van der Waals surface area contributed by atoms with Gasteiger partial charge in [-0.1, -0.05) is 40.0 Å². The average Bonchev–Trinajstić information content (AvgIpc) is 2.42. The first-order valence-corrected chi connectivity index (χ1v) is 9.05. The minimum absolute atomic E-state index is 0.322. The van der Waals surface area contributed by atoms with Gasteiger partial charge in [0.05, 0.1) is 0 Å². The zero-order valence-corrected chi connectivity index (χ0v) is 14.5. The Bertz CT molecular complexity index is 294. The van der Waals surface area contributed by atoms with Crippen molar-refractivity contribution in [2.75, 3.05) is 39.3 Å². The number of piperazine rings is 1. The topological polar surface area (TPSA) is 26.7 Å². The van der Waals surface area contributed by atoms with Crippen molar-refractivity contribution in [2.24, 2.45) is 11.3 Å². The van der Waals surface area contributed by atoms with Crippen molar-refractivity contribution in [3.8, 4) is 0 Å². The van der Waals surface area contributed by atoms with E-state index in [-0.39, 0.29) is 0 Å². The Hall–Kier alpha value is -0.120. The van der Waals surface area contributed by atoms with Crippen LogP contribution in [0.3, 0.4) is 0 Å². The summed E-state index contributed by atoms with van der Waals surface area (Å²) in [5, 5.41) is 9.40. The fraction of sp³-hybridized carbons (Fsp3) is 1.00. The number of rotatable bonds is 5. The van der Waals surface area contributed by atoms with Gasteiger partial charge in [0.1, 0.15) is 0 Å². The van der Waals surface area contributed by atoms with E-state index in [1.165, 1.54) is 51.7 Å². The second-order valence-corrected chi connectivity index (χ2v) is 8.46. The molecule has 1 saturated carbocycles. The van der Waals surface area contributed by atoms with Crippen LogP contribution in [0.25, 0.3) is 0 Å². The summed E-state index contributed by atoms with van der Waals surface area (Å²) in [7, 11) is 0. The second-order valence-electron chi connectivity index (χ2n) is 8.46. The van der Waals surface area contributed by atoms with Crippen LogP contribution in [0.4, 0.5) is 0 Å². The Morgan fingerprint density at radius 3 is 2.38 bits per heavy atom. The Labute approximate surface area is 131 Å². The van der Waals surface area contributed by atoms with Gasteiger partial charge >= 0.3 is 0 Å². The van der Waals surface area contributed by atoms with Crippen molar-refractivity contribution in [1.29, 1.82) is 0 Å². The zero-order chi connectivity index (χ0) is 15.3. The fourth-order valence-corrected chi connectivity index (χ4v) is 4.10. The molecule has 3 nitrogen and oxygen atoms in total. The molecule has 1 saturated heterocycles. The Morgan fingerprint density at radius 1 is 1.05 bits per heavy atom. The molecule has 1 aliphatic heterocycles. The first kappa shape index (κ1) is 17.2. The molecule has 0 bridgehead atoms. The first-order valence-electron chi connectivity index (χ1n) is 9.05. The van der Waals surface area contributed by atoms with E-state index in [4.69, 9.17) is 0 Å². The van der Waals surface area contributed by atoms with Crippen LogP contribution in [0.15, 0.2) is 0 Å². The van der Waals surface area contributed by atoms with Crippen LogP contribution in [-0.4, -0.2) is 60.3 Å². The summed E-state index contributed by atoms with van der Waals surface area (Å²) in [5.41, 5.74) is 0.346. The van der Waals surface area contributed by atoms with Gasteiger partial charge in [0.2, 0.25) is 0 Å². The number of nitrogens with zero attached hydrogens (tertiary/aromatic N) is 2. The largest absolute Gasteiger partial charge is 0.396 e. The first-order chi connectivity index (χ1) is 9.98. The third-order valence-electron chi connectivity index (χ3n) is 5.07. The smallest absolute Gasteiger partial charge is 0.0446 e. The van der Waals surface area contributed by atoms with Crippen LogP contribution < -0.4 is 0 Å². The highest BCUT2D eigenvalue weighted by atomic mass is 16.3. The lowest BCUT2D eigenvalue weighted by molar-refractivity contribution is 0.0284. The minimum Gasteiger partial charge on any atom is -0.396 e. The second kappa shape index (κ2) is 7.94. The molecule has 21 heavy (non-hydrogen) atoms. The highest BCUT2D eigenvalue weighted by Crippen LogP contribution is 2.26. The SMILES string of the molecule is CC(C)(C)CN1CCN(CC2CCCCC2)C[C@@H]1CCO. The molecule has 0 amide bonds. The summed E-state index contributed by atoms with van der Waals surface area (Å²) in [4.78, 5) is 5.29. The molecule has 0 radical (unpaired) electrons. The van der Waals surface area contributed by atoms with Crippen LogP contribution in [0.1, 0.15) is 59.3 Å². The molecule has 2 aliphatic rings. The van der Waals surface area contributed by atoms with E-state index >= 15 is 0 Å². The maximum absolute atomic E-state index is 9.40. The molecule has 1 atom stereocenters. The molecule has 1 aliphatic carbocycles. The number of aliphatic hydroxyl groups excluding tert-OH is 1. The van der Waals surface area contributed by atoms with Gasteiger partial charge in [-0.25, -0.2) is 0 Å². The van der Waals surface area contributed by atoms with Gasteiger partial charge < -0.3 is 10.0 Å². The van der Waals surface area contributed by atoms with Crippen LogP contribution in [0.2, 0.25) is 0 Å². The quantitative estimate of drug-likeness (QED) is 0.845. The monoisotopic (exact) mass is 296 g/mol. The highest BCUT2D eigenvalue weighted by Gasteiger charge is 2.30. The summed E-state index contributed by atoms with van der Waals surface area (Å²) in [6.45, 7) is 13.3. The lowest BCUT2D eigenvalue weighted by atomic mass is 9.88. The molecule has 0 aromatic carbocycles. The minimum atomic E-state index is 0.322. The standard InChI is InChI=1S/C18H36N2O/c1-18(2,3)15-20-11-10-19(14-17(20)9-12-21)13-16-7-5-4-6-8-16/h16-17,21H,4-15H2,1-3H3/t17-/m0/s1. The van der Waals surface area contributed by atoms with Crippen LogP contribution in [0.5, 0.6) is 0 Å². The maximum atomic E-state index is 9.40. The Kier molecular flexibility index (Phi) is 6.51. The van der Waals surface area contributed by atoms with E-state index in [0.29, 0.717) is 18.1 Å². The van der Waals surface area contributed by atoms with Gasteiger partial charge in [-0.15, -0.1) is 0 Å². The third kappa shape index (κ3) is 5.88. The molecule has 1 N–H and O–H groups in total. The van der Waals surface area contributed by atoms with Crippen molar-refractivity contribution in [3.05, 3.63) is 0 Å². The summed E-state index contributed by atoms with van der Waals surface area (Å²) in [6, 6.07) is 0.548. The summed E-state index contributed by atoms with van der Waals surface area (Å²) in [6.07, 6.45) is 8.13. The van der Waals surface area contributed by atoms with Crippen molar-refractivity contribution < 1.29 is 5.11 Å². The molecule has 1 heterocycles. The predicted molar refractivity (Wildman–Crippen MR) is 89.5 cm³/mol. The zero-order valence-electron chi connectivity index (χ0n) is 14.5. The number of aliphatic hydroxyl groups is 1. The van der Waals surface area contributed by atoms with Gasteiger partial charge in [0, 0.05) is 45.4 Å². The van der Waals surface area contributed by atoms with E-state index in [0.717, 1.165) is 25.4 Å². The molecular formula is C18H36N2O. The van der Waals surface area contributed by atoms with Crippen molar-refractivity contribution >= 4 is 0 Å². The van der Waals surface area contributed by atoms with Gasteiger partial charge in [-0.05, 0) is 30.6 Å². The molecule has 0 spiro atoms. The highest BCUT2D eigenvalue weighted by molar-refractivity contribution is 4.85. The molecule has 2 rings (SSSR count). The van der Waals surface area contributed by atoms with Crippen LogP contribution in [0, 0.1) is 11.3 Å². The predicted octanol–water partition coefficient (Wildman–Crippen LogP) is 2.98. The Balaban J connectivity index is 1.85. The molecule has 0 unspecified atom stereocenters. The lowest BCUT2D eigenvalue weighted by Crippen LogP contribution is -2.56. The van der Waals surface area contributed by atoms with Crippen molar-refractivity contribution in [2.45, 2.75) is 65.3 Å². The average molecular weight is 296 g/mol. The van der Waals surface area contributed by atoms with E-state index in [1.807, 2.05) is 0 Å². The van der Waals surface area contributed by atoms with E-state index < -0.39 is 0 Å². The van der Waals surface area contributed by atoms with Crippen LogP contribution >= 0.6 is 0 Å². The van der Waals surface area contributed by atoms with Crippen molar-refractivity contribution in [1.82, 2.24) is 9.80 Å². The van der Waals surface area contributed by atoms with E-state index in [2.05, 4.69) is 30.6 Å².